The Morgan fingerprint density at radius 2 is 2.12 bits per heavy atom. The largest absolute Gasteiger partial charge is 0.326 e. The Morgan fingerprint density at radius 3 is 2.81 bits per heavy atom. The van der Waals surface area contributed by atoms with Gasteiger partial charge in [0.1, 0.15) is 0 Å². The second-order valence-corrected chi connectivity index (χ2v) is 4.71. The third-order valence-corrected chi connectivity index (χ3v) is 3.29. The number of nitrogens with two attached hydrogens (primary N) is 1. The predicted molar refractivity (Wildman–Crippen MR) is 66.3 cm³/mol. The molecule has 0 saturated heterocycles. The number of pyridine rings is 1. The molecule has 0 radical (unpaired) electrons. The number of aryl methyl sites for hydroxylation is 1. The van der Waals surface area contributed by atoms with E-state index in [2.05, 4.69) is 31.2 Å². The van der Waals surface area contributed by atoms with E-state index < -0.39 is 0 Å². The zero-order valence-corrected chi connectivity index (χ0v) is 9.53. The Bertz CT molecular complexity index is 542. The van der Waals surface area contributed by atoms with Gasteiger partial charge in [-0.1, -0.05) is 12.1 Å². The molecule has 1 aromatic carbocycles. The molecule has 2 nitrogen and oxygen atoms in total. The van der Waals surface area contributed by atoms with Gasteiger partial charge in [0.2, 0.25) is 0 Å². The molecule has 0 amide bonds. The first kappa shape index (κ1) is 9.79. The number of fused-ring (bicyclic) bond motifs is 1. The lowest BCUT2D eigenvalue weighted by molar-refractivity contribution is 1.01. The van der Waals surface area contributed by atoms with Crippen LogP contribution in [0.25, 0.3) is 10.9 Å². The highest BCUT2D eigenvalue weighted by molar-refractivity contribution is 5.83. The second kappa shape index (κ2) is 3.56. The van der Waals surface area contributed by atoms with E-state index >= 15 is 0 Å². The van der Waals surface area contributed by atoms with Gasteiger partial charge in [0.05, 0.1) is 5.52 Å². The Balaban J connectivity index is 2.26. The van der Waals surface area contributed by atoms with E-state index in [1.807, 2.05) is 0 Å². The number of nitrogens with zero attached hydrogens (tertiary/aromatic N) is 1. The highest BCUT2D eigenvalue weighted by atomic mass is 14.7. The van der Waals surface area contributed by atoms with Crippen molar-refractivity contribution in [1.82, 2.24) is 4.98 Å². The molecule has 0 unspecified atom stereocenters. The van der Waals surface area contributed by atoms with E-state index in [1.165, 1.54) is 35.0 Å². The summed E-state index contributed by atoms with van der Waals surface area (Å²) < 4.78 is 0. The molecule has 2 N–H and O–H groups in total. The molecule has 1 heterocycles. The number of aromatic nitrogens is 1. The molecule has 0 aliphatic heterocycles. The summed E-state index contributed by atoms with van der Waals surface area (Å²) in [5.74, 6) is 0.690. The van der Waals surface area contributed by atoms with E-state index in [9.17, 15) is 0 Å². The topological polar surface area (TPSA) is 38.9 Å². The van der Waals surface area contributed by atoms with E-state index in [0.29, 0.717) is 12.5 Å². The number of hydrogen-bond donors (Lipinski definition) is 1. The molecule has 82 valence electrons. The highest BCUT2D eigenvalue weighted by Crippen LogP contribution is 2.40. The van der Waals surface area contributed by atoms with Crippen LogP contribution in [0, 0.1) is 6.92 Å². The first-order valence-corrected chi connectivity index (χ1v) is 5.88. The molecule has 3 rings (SSSR count). The monoisotopic (exact) mass is 212 g/mol. The van der Waals surface area contributed by atoms with Crippen molar-refractivity contribution >= 4 is 10.9 Å². The van der Waals surface area contributed by atoms with Crippen LogP contribution in [0.2, 0.25) is 0 Å². The van der Waals surface area contributed by atoms with Gasteiger partial charge in [0.15, 0.2) is 0 Å². The minimum Gasteiger partial charge on any atom is -0.326 e. The van der Waals surface area contributed by atoms with Crippen LogP contribution in [0.1, 0.15) is 35.6 Å². The van der Waals surface area contributed by atoms with Crippen molar-refractivity contribution in [2.24, 2.45) is 5.73 Å². The van der Waals surface area contributed by atoms with Crippen molar-refractivity contribution in [2.75, 3.05) is 0 Å². The maximum Gasteiger partial charge on any atom is 0.0711 e. The molecular formula is C14H16N2. The molecular weight excluding hydrogens is 196 g/mol. The zero-order valence-electron chi connectivity index (χ0n) is 9.53. The van der Waals surface area contributed by atoms with Crippen LogP contribution in [0.4, 0.5) is 0 Å². The van der Waals surface area contributed by atoms with Crippen molar-refractivity contribution in [1.29, 1.82) is 0 Å². The van der Waals surface area contributed by atoms with Gasteiger partial charge in [-0.3, -0.25) is 4.98 Å². The lowest BCUT2D eigenvalue weighted by Crippen LogP contribution is -2.00. The fraction of sp³-hybridized carbons (Fsp3) is 0.357. The molecule has 2 heteroatoms. The van der Waals surface area contributed by atoms with Gasteiger partial charge in [0.25, 0.3) is 0 Å². The fourth-order valence-electron chi connectivity index (χ4n) is 2.19. The normalized spacial score (nSPS) is 15.6. The van der Waals surface area contributed by atoms with Gasteiger partial charge in [-0.15, -0.1) is 0 Å². The van der Waals surface area contributed by atoms with Crippen molar-refractivity contribution in [3.05, 3.63) is 41.1 Å². The molecule has 2 aromatic rings. The number of hydrogen-bond acceptors (Lipinski definition) is 2. The average molecular weight is 212 g/mol. The van der Waals surface area contributed by atoms with Crippen LogP contribution < -0.4 is 5.73 Å². The van der Waals surface area contributed by atoms with E-state index in [1.54, 1.807) is 0 Å². The summed E-state index contributed by atoms with van der Waals surface area (Å²) in [5.41, 5.74) is 10.6. The molecule has 1 saturated carbocycles. The summed E-state index contributed by atoms with van der Waals surface area (Å²) in [6.07, 6.45) is 2.57. The summed E-state index contributed by atoms with van der Waals surface area (Å²) in [6, 6.07) is 8.60. The standard InChI is InChI=1S/C14H16N2/c1-9-2-5-12-11(8-15)7-13(10-3-4-10)16-14(12)6-9/h2,5-7,10H,3-4,8,15H2,1H3. The molecule has 16 heavy (non-hydrogen) atoms. The molecule has 0 spiro atoms. The lowest BCUT2D eigenvalue weighted by Gasteiger charge is -2.08. The quantitative estimate of drug-likeness (QED) is 0.831. The predicted octanol–water partition coefficient (Wildman–Crippen LogP) is 2.88. The Hall–Kier alpha value is -1.41. The first-order valence-electron chi connectivity index (χ1n) is 5.88. The van der Waals surface area contributed by atoms with E-state index in [4.69, 9.17) is 10.7 Å². The first-order chi connectivity index (χ1) is 7.78. The smallest absolute Gasteiger partial charge is 0.0711 e. The minimum absolute atomic E-state index is 0.599. The van der Waals surface area contributed by atoms with Crippen LogP contribution in [-0.4, -0.2) is 4.98 Å². The second-order valence-electron chi connectivity index (χ2n) is 4.71. The summed E-state index contributed by atoms with van der Waals surface area (Å²) in [5, 5.41) is 1.21. The van der Waals surface area contributed by atoms with Gasteiger partial charge in [-0.2, -0.15) is 0 Å². The van der Waals surface area contributed by atoms with Gasteiger partial charge in [0, 0.05) is 23.5 Å². The van der Waals surface area contributed by atoms with Crippen LogP contribution in [0.3, 0.4) is 0 Å². The number of rotatable bonds is 2. The maximum atomic E-state index is 5.82. The van der Waals surface area contributed by atoms with Crippen LogP contribution in [0.5, 0.6) is 0 Å². The van der Waals surface area contributed by atoms with Gasteiger partial charge in [-0.05, 0) is 43.0 Å². The Morgan fingerprint density at radius 1 is 1.31 bits per heavy atom. The molecule has 1 fully saturated rings. The van der Waals surface area contributed by atoms with Gasteiger partial charge >= 0.3 is 0 Å². The SMILES string of the molecule is Cc1ccc2c(CN)cc(C3CC3)nc2c1. The minimum atomic E-state index is 0.599. The summed E-state index contributed by atoms with van der Waals surface area (Å²) in [6.45, 7) is 2.70. The summed E-state index contributed by atoms with van der Waals surface area (Å²) >= 11 is 0. The third-order valence-electron chi connectivity index (χ3n) is 3.29. The highest BCUT2D eigenvalue weighted by Gasteiger charge is 2.25. The van der Waals surface area contributed by atoms with E-state index in [0.717, 1.165) is 5.52 Å². The molecule has 1 aliphatic rings. The summed E-state index contributed by atoms with van der Waals surface area (Å²) in [7, 11) is 0. The Labute approximate surface area is 95.5 Å². The third kappa shape index (κ3) is 1.59. The zero-order chi connectivity index (χ0) is 11.1. The molecule has 0 atom stereocenters. The van der Waals surface area contributed by atoms with E-state index in [-0.39, 0.29) is 0 Å². The molecule has 0 bridgehead atoms. The van der Waals surface area contributed by atoms with Crippen molar-refractivity contribution < 1.29 is 0 Å². The lowest BCUT2D eigenvalue weighted by atomic mass is 10.0. The van der Waals surface area contributed by atoms with Crippen LogP contribution in [0.15, 0.2) is 24.3 Å². The molecule has 1 aliphatic carbocycles. The van der Waals surface area contributed by atoms with Crippen molar-refractivity contribution in [3.63, 3.8) is 0 Å². The van der Waals surface area contributed by atoms with Crippen molar-refractivity contribution in [3.8, 4) is 0 Å². The van der Waals surface area contributed by atoms with Gasteiger partial charge < -0.3 is 5.73 Å². The molecule has 1 aromatic heterocycles. The summed E-state index contributed by atoms with van der Waals surface area (Å²) in [4.78, 5) is 4.75. The van der Waals surface area contributed by atoms with Crippen LogP contribution >= 0.6 is 0 Å². The Kier molecular flexibility index (Phi) is 2.18. The number of benzene rings is 1. The van der Waals surface area contributed by atoms with Crippen molar-refractivity contribution in [2.45, 2.75) is 32.2 Å². The van der Waals surface area contributed by atoms with Gasteiger partial charge in [-0.25, -0.2) is 0 Å². The fourth-order valence-corrected chi connectivity index (χ4v) is 2.19. The van der Waals surface area contributed by atoms with Crippen LogP contribution in [-0.2, 0) is 6.54 Å². The average Bonchev–Trinajstić information content (AvgIpc) is 3.10. The maximum absolute atomic E-state index is 5.82.